The summed E-state index contributed by atoms with van der Waals surface area (Å²) in [6.07, 6.45) is 1.75. The number of hydrogen-bond acceptors (Lipinski definition) is 4. The molecule has 3 N–H and O–H groups in total. The second-order valence-corrected chi connectivity index (χ2v) is 5.02. The highest BCUT2D eigenvalue weighted by Crippen LogP contribution is 2.25. The second-order valence-electron chi connectivity index (χ2n) is 5.02. The van der Waals surface area contributed by atoms with Crippen LogP contribution in [0.1, 0.15) is 24.1 Å². The van der Waals surface area contributed by atoms with Gasteiger partial charge in [0.25, 0.3) is 0 Å². The number of aromatic nitrogens is 1. The lowest BCUT2D eigenvalue weighted by Crippen LogP contribution is -2.40. The highest BCUT2D eigenvalue weighted by Gasteiger charge is 2.25. The van der Waals surface area contributed by atoms with Crippen LogP contribution in [0.5, 0.6) is 0 Å². The van der Waals surface area contributed by atoms with Crippen LogP contribution in [-0.2, 0) is 11.3 Å². The molecule has 1 aliphatic rings. The van der Waals surface area contributed by atoms with Crippen molar-refractivity contribution in [2.45, 2.75) is 26.3 Å². The molecule has 1 fully saturated rings. The van der Waals surface area contributed by atoms with E-state index >= 15 is 0 Å². The quantitative estimate of drug-likeness (QED) is 0.845. The summed E-state index contributed by atoms with van der Waals surface area (Å²) >= 11 is 0. The molecule has 1 aromatic rings. The van der Waals surface area contributed by atoms with Crippen LogP contribution >= 0.6 is 0 Å². The minimum atomic E-state index is 0.132. The predicted molar refractivity (Wildman–Crippen MR) is 75.9 cm³/mol. The summed E-state index contributed by atoms with van der Waals surface area (Å²) in [4.78, 5) is 18.5. The average molecular weight is 262 g/mol. The molecule has 1 amide bonds. The summed E-state index contributed by atoms with van der Waals surface area (Å²) < 4.78 is 0. The number of nitrogens with zero attached hydrogens (tertiary/aromatic N) is 2. The lowest BCUT2D eigenvalue weighted by molar-refractivity contribution is -0.125. The van der Waals surface area contributed by atoms with Gasteiger partial charge < -0.3 is 16.0 Å². The van der Waals surface area contributed by atoms with Gasteiger partial charge in [0.2, 0.25) is 5.91 Å². The fraction of sp³-hybridized carbons (Fsp3) is 0.571. The summed E-state index contributed by atoms with van der Waals surface area (Å²) in [5.74, 6) is 1.26. The second kappa shape index (κ2) is 6.02. The molecular formula is C14H22N4O. The Bertz CT molecular complexity index is 453. The Kier molecular flexibility index (Phi) is 4.37. The topological polar surface area (TPSA) is 71.2 Å². The fourth-order valence-electron chi connectivity index (χ4n) is 2.56. The molecule has 0 bridgehead atoms. The van der Waals surface area contributed by atoms with Crippen molar-refractivity contribution in [1.82, 2.24) is 10.3 Å². The van der Waals surface area contributed by atoms with Crippen LogP contribution in [0.15, 0.2) is 12.1 Å². The Hall–Kier alpha value is -1.62. The van der Waals surface area contributed by atoms with Crippen molar-refractivity contribution in [3.8, 4) is 0 Å². The number of anilines is 1. The first-order valence-corrected chi connectivity index (χ1v) is 6.79. The van der Waals surface area contributed by atoms with Crippen LogP contribution in [0.4, 0.5) is 5.82 Å². The molecule has 19 heavy (non-hydrogen) atoms. The van der Waals surface area contributed by atoms with Crippen molar-refractivity contribution in [3.63, 3.8) is 0 Å². The molecule has 0 unspecified atom stereocenters. The smallest absolute Gasteiger partial charge is 0.222 e. The fourth-order valence-corrected chi connectivity index (χ4v) is 2.56. The molecule has 0 aliphatic carbocycles. The summed E-state index contributed by atoms with van der Waals surface area (Å²) in [7, 11) is 1.70. The van der Waals surface area contributed by atoms with E-state index in [-0.39, 0.29) is 11.8 Å². The Labute approximate surface area is 114 Å². The number of nitrogens with two attached hydrogens (primary N) is 1. The van der Waals surface area contributed by atoms with Crippen molar-refractivity contribution >= 4 is 11.7 Å². The number of aryl methyl sites for hydroxylation is 1. The molecule has 0 aromatic carbocycles. The Morgan fingerprint density at radius 3 is 2.74 bits per heavy atom. The highest BCUT2D eigenvalue weighted by atomic mass is 16.1. The van der Waals surface area contributed by atoms with Gasteiger partial charge in [-0.05, 0) is 25.8 Å². The zero-order valence-electron chi connectivity index (χ0n) is 11.6. The van der Waals surface area contributed by atoms with E-state index in [1.54, 1.807) is 7.05 Å². The predicted octanol–water partition coefficient (Wildman–Crippen LogP) is 0.811. The maximum atomic E-state index is 11.6. The number of carbonyl (C=O) groups is 1. The molecule has 1 saturated heterocycles. The van der Waals surface area contributed by atoms with Crippen LogP contribution in [-0.4, -0.2) is 31.0 Å². The lowest BCUT2D eigenvalue weighted by Gasteiger charge is -2.33. The molecular weight excluding hydrogens is 240 g/mol. The van der Waals surface area contributed by atoms with Gasteiger partial charge in [0.15, 0.2) is 0 Å². The molecule has 104 valence electrons. The normalized spacial score (nSPS) is 16.5. The zero-order chi connectivity index (χ0) is 13.8. The van der Waals surface area contributed by atoms with E-state index in [9.17, 15) is 4.79 Å². The van der Waals surface area contributed by atoms with Gasteiger partial charge in [-0.15, -0.1) is 0 Å². The van der Waals surface area contributed by atoms with Crippen LogP contribution in [0, 0.1) is 12.8 Å². The van der Waals surface area contributed by atoms with Gasteiger partial charge in [0.1, 0.15) is 5.82 Å². The first-order valence-electron chi connectivity index (χ1n) is 6.79. The molecule has 2 rings (SSSR count). The SMILES string of the molecule is CNC(=O)C1CCN(c2nc(C)ccc2CN)CC1. The number of rotatable bonds is 3. The van der Waals surface area contributed by atoms with Crippen molar-refractivity contribution in [3.05, 3.63) is 23.4 Å². The van der Waals surface area contributed by atoms with Crippen LogP contribution in [0.25, 0.3) is 0 Å². The number of amides is 1. The van der Waals surface area contributed by atoms with Gasteiger partial charge >= 0.3 is 0 Å². The summed E-state index contributed by atoms with van der Waals surface area (Å²) in [6.45, 7) is 4.21. The molecule has 0 spiro atoms. The zero-order valence-corrected chi connectivity index (χ0v) is 11.6. The van der Waals surface area contributed by atoms with Gasteiger partial charge in [0, 0.05) is 43.9 Å². The van der Waals surface area contributed by atoms with E-state index < -0.39 is 0 Å². The summed E-state index contributed by atoms with van der Waals surface area (Å²) in [5, 5.41) is 2.73. The maximum Gasteiger partial charge on any atom is 0.222 e. The molecule has 1 aromatic heterocycles. The molecule has 0 radical (unpaired) electrons. The minimum Gasteiger partial charge on any atom is -0.359 e. The number of pyridine rings is 1. The first-order chi connectivity index (χ1) is 9.15. The standard InChI is InChI=1S/C14H22N4O/c1-10-3-4-12(9-15)13(17-10)18-7-5-11(6-8-18)14(19)16-2/h3-4,11H,5-9,15H2,1-2H3,(H,16,19). The molecule has 5 nitrogen and oxygen atoms in total. The van der Waals surface area contributed by atoms with Crippen molar-refractivity contribution in [2.24, 2.45) is 11.7 Å². The van der Waals surface area contributed by atoms with Crippen molar-refractivity contribution in [1.29, 1.82) is 0 Å². The third-order valence-electron chi connectivity index (χ3n) is 3.73. The third kappa shape index (κ3) is 3.04. The van der Waals surface area contributed by atoms with E-state index in [1.807, 2.05) is 19.1 Å². The van der Waals surface area contributed by atoms with E-state index in [1.165, 1.54) is 0 Å². The van der Waals surface area contributed by atoms with E-state index in [0.717, 1.165) is 43.0 Å². The van der Waals surface area contributed by atoms with Gasteiger partial charge in [-0.3, -0.25) is 4.79 Å². The van der Waals surface area contributed by atoms with Gasteiger partial charge in [-0.2, -0.15) is 0 Å². The van der Waals surface area contributed by atoms with Crippen LogP contribution in [0.2, 0.25) is 0 Å². The molecule has 0 atom stereocenters. The minimum absolute atomic E-state index is 0.132. The number of hydrogen-bond donors (Lipinski definition) is 2. The van der Waals surface area contributed by atoms with E-state index in [0.29, 0.717) is 6.54 Å². The van der Waals surface area contributed by atoms with Gasteiger partial charge in [-0.1, -0.05) is 6.07 Å². The summed E-state index contributed by atoms with van der Waals surface area (Å²) in [5.41, 5.74) is 7.85. The Morgan fingerprint density at radius 1 is 1.47 bits per heavy atom. The van der Waals surface area contributed by atoms with Crippen LogP contribution in [0.3, 0.4) is 0 Å². The number of piperidine rings is 1. The van der Waals surface area contributed by atoms with E-state index in [2.05, 4.69) is 15.2 Å². The Balaban J connectivity index is 2.09. The van der Waals surface area contributed by atoms with Gasteiger partial charge in [-0.25, -0.2) is 4.98 Å². The van der Waals surface area contributed by atoms with E-state index in [4.69, 9.17) is 5.73 Å². The van der Waals surface area contributed by atoms with Crippen molar-refractivity contribution < 1.29 is 4.79 Å². The largest absolute Gasteiger partial charge is 0.359 e. The summed E-state index contributed by atoms with van der Waals surface area (Å²) in [6, 6.07) is 4.03. The highest BCUT2D eigenvalue weighted by molar-refractivity contribution is 5.78. The third-order valence-corrected chi connectivity index (χ3v) is 3.73. The molecule has 1 aliphatic heterocycles. The monoisotopic (exact) mass is 262 g/mol. The lowest BCUT2D eigenvalue weighted by atomic mass is 9.95. The molecule has 5 heteroatoms. The molecule has 2 heterocycles. The first kappa shape index (κ1) is 13.8. The molecule has 0 saturated carbocycles. The number of carbonyl (C=O) groups excluding carboxylic acids is 1. The van der Waals surface area contributed by atoms with Gasteiger partial charge in [0.05, 0.1) is 0 Å². The van der Waals surface area contributed by atoms with Crippen LogP contribution < -0.4 is 16.0 Å². The Morgan fingerprint density at radius 2 is 2.16 bits per heavy atom. The average Bonchev–Trinajstić information content (AvgIpc) is 2.46. The number of nitrogens with one attached hydrogen (secondary N) is 1. The van der Waals surface area contributed by atoms with Crippen molar-refractivity contribution in [2.75, 3.05) is 25.0 Å². The maximum absolute atomic E-state index is 11.6.